The maximum absolute atomic E-state index is 9.81. The summed E-state index contributed by atoms with van der Waals surface area (Å²) in [6, 6.07) is 0. The zero-order valence-corrected chi connectivity index (χ0v) is 2.87. The second-order valence-corrected chi connectivity index (χ2v) is 0.742. The van der Waals surface area contributed by atoms with Crippen molar-refractivity contribution in [1.82, 2.24) is 0 Å². The second kappa shape index (κ2) is 9.97. The molecule has 0 spiro atoms. The van der Waals surface area contributed by atoms with Crippen LogP contribution >= 0.6 is 0 Å². The van der Waals surface area contributed by atoms with E-state index in [2.05, 4.69) is 0 Å². The number of hydrogen-bond acceptors (Lipinski definition) is 0. The van der Waals surface area contributed by atoms with Gasteiger partial charge in [0.1, 0.15) is 0 Å². The van der Waals surface area contributed by atoms with Crippen LogP contribution < -0.4 is 0 Å². The van der Waals surface area contributed by atoms with Gasteiger partial charge in [0, 0.05) is 0 Å². The Balaban J connectivity index is -0.0000000450. The first-order valence-electron chi connectivity index (χ1n) is 0.655. The number of rotatable bonds is 0. The summed E-state index contributed by atoms with van der Waals surface area (Å²) in [5, 5.41) is 0. The maximum atomic E-state index is 9.81. The summed E-state index contributed by atoms with van der Waals surface area (Å²) in [5.41, 5.74) is 0. The molecule has 0 aliphatic rings. The first-order chi connectivity index (χ1) is 1.73. The van der Waals surface area contributed by atoms with Crippen LogP contribution in [0.25, 0.3) is 0 Å². The van der Waals surface area contributed by atoms with Crippen molar-refractivity contribution in [3.8, 4) is 0 Å². The van der Waals surface area contributed by atoms with Gasteiger partial charge in [-0.05, 0) is 0 Å². The van der Waals surface area contributed by atoms with E-state index >= 15 is 0 Å². The number of halogens is 3. The molecule has 6 heteroatoms. The summed E-state index contributed by atoms with van der Waals surface area (Å²) < 4.78 is 29.4. The molecule has 0 aliphatic carbocycles. The molecule has 0 rings (SSSR count). The summed E-state index contributed by atoms with van der Waals surface area (Å²) in [6.07, 6.45) is 0. The van der Waals surface area contributed by atoms with Gasteiger partial charge in [0.2, 0.25) is 0 Å². The van der Waals surface area contributed by atoms with Gasteiger partial charge >= 0.3 is 45.1 Å². The van der Waals surface area contributed by atoms with E-state index in [0.29, 0.717) is 0 Å². The van der Waals surface area contributed by atoms with Gasteiger partial charge in [0.05, 0.1) is 0 Å². The molecule has 0 saturated heterocycles. The van der Waals surface area contributed by atoms with Crippen molar-refractivity contribution in [1.29, 1.82) is 0 Å². The van der Waals surface area contributed by atoms with Crippen LogP contribution in [0.3, 0.4) is 0 Å². The molecule has 0 saturated carbocycles. The molecule has 6 heavy (non-hydrogen) atoms. The van der Waals surface area contributed by atoms with Crippen molar-refractivity contribution in [2.45, 2.75) is 0 Å². The van der Waals surface area contributed by atoms with E-state index in [0.717, 1.165) is 0 Å². The fourth-order valence-corrected chi connectivity index (χ4v) is 0. The molecule has 0 aliphatic heterocycles. The Bertz CT molecular complexity index is 13.5. The SMILES string of the molecule is [AlH3].[F][Al]([F])[F].[NaH]. The van der Waals surface area contributed by atoms with Crippen molar-refractivity contribution in [3.05, 3.63) is 0 Å². The van der Waals surface area contributed by atoms with E-state index in [9.17, 15) is 10.6 Å². The van der Waals surface area contributed by atoms with Crippen LogP contribution in [0, 0.1) is 0 Å². The Kier molecular flexibility index (Phi) is 26.0. The third kappa shape index (κ3) is 40.1. The van der Waals surface area contributed by atoms with Crippen molar-refractivity contribution < 1.29 is 10.6 Å². The molecule has 0 heterocycles. The first-order valence-corrected chi connectivity index (χ1v) is 1.96. The zero-order chi connectivity index (χ0) is 3.58. The van der Waals surface area contributed by atoms with E-state index in [1.807, 2.05) is 0 Å². The Morgan fingerprint density at radius 1 is 1.00 bits per heavy atom. The van der Waals surface area contributed by atoms with Crippen LogP contribution in [-0.4, -0.2) is 62.4 Å². The predicted octanol–water partition coefficient (Wildman–Crippen LogP) is -0.953. The quantitative estimate of drug-likeness (QED) is 0.378. The van der Waals surface area contributed by atoms with Crippen molar-refractivity contribution in [3.63, 3.8) is 0 Å². The third-order valence-electron chi connectivity index (χ3n) is 0. The molecular formula is H4Al2F3Na. The molecule has 0 aromatic carbocycles. The molecule has 0 radical (unpaired) electrons. The van der Waals surface area contributed by atoms with Crippen LogP contribution in [-0.2, 0) is 0 Å². The van der Waals surface area contributed by atoms with E-state index in [4.69, 9.17) is 0 Å². The molecule has 0 nitrogen and oxygen atoms in total. The van der Waals surface area contributed by atoms with Gasteiger partial charge in [-0.15, -0.1) is 0 Å². The van der Waals surface area contributed by atoms with Crippen molar-refractivity contribution in [2.75, 3.05) is 0 Å². The Morgan fingerprint density at radius 3 is 1.00 bits per heavy atom. The van der Waals surface area contributed by atoms with Gasteiger partial charge in [-0.2, -0.15) is 0 Å². The fourth-order valence-electron chi connectivity index (χ4n) is 0. The molecule has 0 unspecified atom stereocenters. The molecule has 0 aromatic rings. The number of hydrogen-bond donors (Lipinski definition) is 0. The van der Waals surface area contributed by atoms with Gasteiger partial charge in [-0.1, -0.05) is 0 Å². The van der Waals surface area contributed by atoms with E-state index in [1.54, 1.807) is 0 Å². The monoisotopic (exact) mass is 138 g/mol. The van der Waals surface area contributed by atoms with Crippen LogP contribution in [0.2, 0.25) is 0 Å². The van der Waals surface area contributed by atoms with Gasteiger partial charge in [0.15, 0.2) is 17.4 Å². The Morgan fingerprint density at radius 2 is 1.00 bits per heavy atom. The molecule has 0 aromatic heterocycles. The third-order valence-corrected chi connectivity index (χ3v) is 0. The van der Waals surface area contributed by atoms with Crippen LogP contribution in [0.4, 0.5) is 10.6 Å². The minimum atomic E-state index is -4.64. The molecule has 0 N–H and O–H groups in total. The normalized spacial score (nSPS) is 4.50. The van der Waals surface area contributed by atoms with E-state index in [1.165, 1.54) is 0 Å². The summed E-state index contributed by atoms with van der Waals surface area (Å²) >= 11 is -4.64. The Hall–Kier alpha value is 1.85. The molecule has 0 amide bonds. The van der Waals surface area contributed by atoms with E-state index in [-0.39, 0.29) is 46.9 Å². The molecular weight excluding hydrogens is 134 g/mol. The van der Waals surface area contributed by atoms with Gasteiger partial charge in [0.25, 0.3) is 0 Å². The topological polar surface area (TPSA) is 0 Å². The predicted molar refractivity (Wildman–Crippen MR) is 26.2 cm³/mol. The zero-order valence-electron chi connectivity index (χ0n) is 1.71. The van der Waals surface area contributed by atoms with Crippen molar-refractivity contribution in [2.24, 2.45) is 0 Å². The van der Waals surface area contributed by atoms with Gasteiger partial charge in [-0.25, -0.2) is 0 Å². The summed E-state index contributed by atoms with van der Waals surface area (Å²) in [5.74, 6) is 0. The average Bonchev–Trinajstić information content (AvgIpc) is 0.811. The molecule has 32 valence electrons. The minimum absolute atomic E-state index is 0. The van der Waals surface area contributed by atoms with Crippen LogP contribution in [0.5, 0.6) is 0 Å². The average molecular weight is 138 g/mol. The van der Waals surface area contributed by atoms with Gasteiger partial charge < -0.3 is 10.6 Å². The van der Waals surface area contributed by atoms with Crippen LogP contribution in [0.15, 0.2) is 0 Å². The molecule has 0 atom stereocenters. The summed E-state index contributed by atoms with van der Waals surface area (Å²) in [4.78, 5) is 0. The Labute approximate surface area is 72.3 Å². The first kappa shape index (κ1) is 15.7. The standard InChI is InChI=1S/2Al.3FH.Na.4H/h;;3*1H;;;;;/q;+3;;;;;;;;/p-3. The van der Waals surface area contributed by atoms with E-state index < -0.39 is 15.5 Å². The molecule has 0 bridgehead atoms. The molecule has 0 fully saturated rings. The second-order valence-electron chi connectivity index (χ2n) is 0.247. The van der Waals surface area contributed by atoms with Crippen LogP contribution in [0.1, 0.15) is 0 Å². The van der Waals surface area contributed by atoms with Gasteiger partial charge in [-0.3, -0.25) is 0 Å². The summed E-state index contributed by atoms with van der Waals surface area (Å²) in [6.45, 7) is 0. The van der Waals surface area contributed by atoms with Crippen molar-refractivity contribution >= 4 is 62.4 Å². The fraction of sp³-hybridized carbons (Fsp3) is 0. The summed E-state index contributed by atoms with van der Waals surface area (Å²) in [7, 11) is 0.